The van der Waals surface area contributed by atoms with Gasteiger partial charge in [0.05, 0.1) is 12.7 Å². The number of methoxy groups -OCH3 is 1. The first-order chi connectivity index (χ1) is 12.1. The Balaban J connectivity index is 1.71. The van der Waals surface area contributed by atoms with Crippen molar-refractivity contribution in [3.63, 3.8) is 0 Å². The number of amides is 1. The Hall–Kier alpha value is -2.40. The van der Waals surface area contributed by atoms with Gasteiger partial charge in [0.1, 0.15) is 11.6 Å². The highest BCUT2D eigenvalue weighted by atomic mass is 19.1. The predicted molar refractivity (Wildman–Crippen MR) is 96.4 cm³/mol. The lowest BCUT2D eigenvalue weighted by atomic mass is 10.0. The van der Waals surface area contributed by atoms with Gasteiger partial charge in [-0.3, -0.25) is 4.79 Å². The maximum atomic E-state index is 14.5. The molecule has 0 aliphatic carbocycles. The van der Waals surface area contributed by atoms with E-state index < -0.39 is 5.82 Å². The van der Waals surface area contributed by atoms with Crippen molar-refractivity contribution >= 4 is 5.91 Å². The zero-order valence-corrected chi connectivity index (χ0v) is 14.6. The maximum Gasteiger partial charge on any atom is 0.254 e. The number of benzene rings is 2. The van der Waals surface area contributed by atoms with Gasteiger partial charge in [-0.2, -0.15) is 0 Å². The molecule has 1 aliphatic rings. The highest BCUT2D eigenvalue weighted by Crippen LogP contribution is 2.24. The van der Waals surface area contributed by atoms with E-state index >= 15 is 0 Å². The second kappa shape index (κ2) is 7.66. The van der Waals surface area contributed by atoms with Crippen LogP contribution < -0.4 is 10.1 Å². The molecule has 0 radical (unpaired) electrons. The molecule has 1 heterocycles. The van der Waals surface area contributed by atoms with Crippen LogP contribution in [-0.2, 0) is 0 Å². The van der Waals surface area contributed by atoms with Crippen molar-refractivity contribution in [1.82, 2.24) is 10.2 Å². The Morgan fingerprint density at radius 1 is 1.12 bits per heavy atom. The fourth-order valence-electron chi connectivity index (χ4n) is 3.08. The van der Waals surface area contributed by atoms with Crippen molar-refractivity contribution in [2.45, 2.75) is 18.9 Å². The molecule has 0 spiro atoms. The van der Waals surface area contributed by atoms with E-state index in [0.29, 0.717) is 0 Å². The topological polar surface area (TPSA) is 41.6 Å². The van der Waals surface area contributed by atoms with Crippen LogP contribution in [0, 0.1) is 5.82 Å². The molecule has 3 rings (SSSR count). The summed E-state index contributed by atoms with van der Waals surface area (Å²) in [5.74, 6) is -0.0922. The van der Waals surface area contributed by atoms with Gasteiger partial charge >= 0.3 is 0 Å². The number of carbonyl (C=O) groups excluding carboxylic acids is 1. The van der Waals surface area contributed by atoms with Crippen LogP contribution in [-0.4, -0.2) is 44.1 Å². The molecule has 0 saturated carbocycles. The Morgan fingerprint density at radius 3 is 2.36 bits per heavy atom. The van der Waals surface area contributed by atoms with E-state index in [1.807, 2.05) is 24.3 Å². The molecular weight excluding hydrogens is 319 g/mol. The van der Waals surface area contributed by atoms with E-state index in [2.05, 4.69) is 17.3 Å². The monoisotopic (exact) mass is 342 g/mol. The van der Waals surface area contributed by atoms with Crippen molar-refractivity contribution in [2.24, 2.45) is 0 Å². The van der Waals surface area contributed by atoms with Gasteiger partial charge < -0.3 is 15.0 Å². The molecule has 0 aromatic heterocycles. The number of halogens is 1. The lowest BCUT2D eigenvalue weighted by Crippen LogP contribution is -2.43. The van der Waals surface area contributed by atoms with Crippen molar-refractivity contribution in [3.05, 3.63) is 53.8 Å². The molecule has 0 atom stereocenters. The lowest BCUT2D eigenvalue weighted by Gasteiger charge is -2.29. The van der Waals surface area contributed by atoms with Crippen LogP contribution in [0.1, 0.15) is 23.2 Å². The molecule has 0 bridgehead atoms. The SMILES string of the molecule is COc1ccc(-c2ccc(C(=O)NC3CCN(C)CC3)c(F)c2)cc1. The van der Waals surface area contributed by atoms with Crippen molar-refractivity contribution < 1.29 is 13.9 Å². The van der Waals surface area contributed by atoms with Crippen LogP contribution in [0.15, 0.2) is 42.5 Å². The summed E-state index contributed by atoms with van der Waals surface area (Å²) in [5, 5.41) is 2.95. The third kappa shape index (κ3) is 4.17. The van der Waals surface area contributed by atoms with Gasteiger partial charge in [0.15, 0.2) is 0 Å². The number of likely N-dealkylation sites (tertiary alicyclic amines) is 1. The van der Waals surface area contributed by atoms with Crippen LogP contribution in [0.4, 0.5) is 4.39 Å². The number of piperidine rings is 1. The molecule has 1 saturated heterocycles. The number of ether oxygens (including phenoxy) is 1. The summed E-state index contributed by atoms with van der Waals surface area (Å²) in [5.41, 5.74) is 1.70. The van der Waals surface area contributed by atoms with E-state index in [9.17, 15) is 9.18 Å². The Morgan fingerprint density at radius 2 is 1.76 bits per heavy atom. The van der Waals surface area contributed by atoms with Crippen molar-refractivity contribution in [2.75, 3.05) is 27.2 Å². The summed E-state index contributed by atoms with van der Waals surface area (Å²) in [6.45, 7) is 1.90. The number of hydrogen-bond donors (Lipinski definition) is 1. The minimum atomic E-state index is -0.501. The lowest BCUT2D eigenvalue weighted by molar-refractivity contribution is 0.0913. The van der Waals surface area contributed by atoms with Crippen LogP contribution >= 0.6 is 0 Å². The number of carbonyl (C=O) groups is 1. The van der Waals surface area contributed by atoms with E-state index in [4.69, 9.17) is 4.74 Å². The average molecular weight is 342 g/mol. The van der Waals surface area contributed by atoms with Gasteiger partial charge in [0, 0.05) is 6.04 Å². The molecule has 1 amide bonds. The van der Waals surface area contributed by atoms with Crippen molar-refractivity contribution in [3.8, 4) is 16.9 Å². The minimum Gasteiger partial charge on any atom is -0.497 e. The highest BCUT2D eigenvalue weighted by Gasteiger charge is 2.20. The summed E-state index contributed by atoms with van der Waals surface area (Å²) in [6.07, 6.45) is 1.79. The first kappa shape index (κ1) is 17.4. The summed E-state index contributed by atoms with van der Waals surface area (Å²) < 4.78 is 19.6. The third-order valence-corrected chi connectivity index (χ3v) is 4.69. The summed E-state index contributed by atoms with van der Waals surface area (Å²) in [4.78, 5) is 14.6. The quantitative estimate of drug-likeness (QED) is 0.927. The predicted octanol–water partition coefficient (Wildman–Crippen LogP) is 3.33. The number of hydrogen-bond acceptors (Lipinski definition) is 3. The number of nitrogens with zero attached hydrogens (tertiary/aromatic N) is 1. The van der Waals surface area contributed by atoms with E-state index in [-0.39, 0.29) is 17.5 Å². The van der Waals surface area contributed by atoms with Gasteiger partial charge in [-0.15, -0.1) is 0 Å². The Kier molecular flexibility index (Phi) is 5.34. The second-order valence-corrected chi connectivity index (χ2v) is 6.47. The number of rotatable bonds is 4. The van der Waals surface area contributed by atoms with Crippen LogP contribution in [0.3, 0.4) is 0 Å². The van der Waals surface area contributed by atoms with Crippen LogP contribution in [0.2, 0.25) is 0 Å². The molecule has 1 fully saturated rings. The van der Waals surface area contributed by atoms with Crippen LogP contribution in [0.5, 0.6) is 5.75 Å². The first-order valence-corrected chi connectivity index (χ1v) is 8.50. The van der Waals surface area contributed by atoms with Gasteiger partial charge in [-0.25, -0.2) is 4.39 Å². The second-order valence-electron chi connectivity index (χ2n) is 6.47. The molecule has 5 heteroatoms. The molecule has 4 nitrogen and oxygen atoms in total. The van der Waals surface area contributed by atoms with E-state index in [0.717, 1.165) is 42.8 Å². The largest absolute Gasteiger partial charge is 0.497 e. The zero-order chi connectivity index (χ0) is 17.8. The molecule has 1 N–H and O–H groups in total. The van der Waals surface area contributed by atoms with E-state index in [1.165, 1.54) is 6.07 Å². The molecule has 132 valence electrons. The summed E-state index contributed by atoms with van der Waals surface area (Å²) in [7, 11) is 3.67. The standard InChI is InChI=1S/C20H23FN2O2/c1-23-11-9-16(10-12-23)22-20(24)18-8-5-15(13-19(18)21)14-3-6-17(25-2)7-4-14/h3-8,13,16H,9-12H2,1-2H3,(H,22,24). The highest BCUT2D eigenvalue weighted by molar-refractivity contribution is 5.95. The first-order valence-electron chi connectivity index (χ1n) is 8.50. The Labute approximate surface area is 147 Å². The van der Waals surface area contributed by atoms with Gasteiger partial charge in [-0.05, 0) is 68.4 Å². The molecule has 25 heavy (non-hydrogen) atoms. The fraction of sp³-hybridized carbons (Fsp3) is 0.350. The maximum absolute atomic E-state index is 14.5. The molecule has 0 unspecified atom stereocenters. The smallest absolute Gasteiger partial charge is 0.254 e. The average Bonchev–Trinajstić information content (AvgIpc) is 2.63. The number of nitrogens with one attached hydrogen (secondary N) is 1. The summed E-state index contributed by atoms with van der Waals surface area (Å²) >= 11 is 0. The normalized spacial score (nSPS) is 15.8. The third-order valence-electron chi connectivity index (χ3n) is 4.69. The molecule has 1 aliphatic heterocycles. The Bertz CT molecular complexity index is 738. The molecular formula is C20H23FN2O2. The van der Waals surface area contributed by atoms with Crippen molar-refractivity contribution in [1.29, 1.82) is 0 Å². The molecule has 2 aromatic rings. The van der Waals surface area contributed by atoms with Crippen LogP contribution in [0.25, 0.3) is 11.1 Å². The zero-order valence-electron chi connectivity index (χ0n) is 14.6. The van der Waals surface area contributed by atoms with E-state index in [1.54, 1.807) is 19.2 Å². The van der Waals surface area contributed by atoms with Gasteiger partial charge in [0.25, 0.3) is 5.91 Å². The fourth-order valence-corrected chi connectivity index (χ4v) is 3.08. The summed E-state index contributed by atoms with van der Waals surface area (Å²) in [6, 6.07) is 12.2. The molecule has 2 aromatic carbocycles. The minimum absolute atomic E-state index is 0.0937. The van der Waals surface area contributed by atoms with Gasteiger partial charge in [-0.1, -0.05) is 18.2 Å². The van der Waals surface area contributed by atoms with Gasteiger partial charge in [0.2, 0.25) is 0 Å².